The molecule has 0 aromatic carbocycles. The summed E-state index contributed by atoms with van der Waals surface area (Å²) in [6.45, 7) is 3.94. The number of hydrogen-bond acceptors (Lipinski definition) is 3. The normalized spacial score (nSPS) is 36.4. The third kappa shape index (κ3) is 1.55. The molecule has 16 heavy (non-hydrogen) atoms. The number of hydrogen-bond donors (Lipinski definition) is 2. The van der Waals surface area contributed by atoms with Gasteiger partial charge in [-0.15, -0.1) is 0 Å². The molecule has 1 unspecified atom stereocenters. The van der Waals surface area contributed by atoms with Crippen molar-refractivity contribution in [3.05, 3.63) is 0 Å². The van der Waals surface area contributed by atoms with E-state index in [2.05, 4.69) is 0 Å². The molecule has 0 aromatic rings. The van der Waals surface area contributed by atoms with Crippen LogP contribution in [0.4, 0.5) is 0 Å². The first-order valence-corrected chi connectivity index (χ1v) is 5.91. The Hall–Kier alpha value is -0.610. The summed E-state index contributed by atoms with van der Waals surface area (Å²) in [6.07, 6.45) is 3.31. The van der Waals surface area contributed by atoms with E-state index >= 15 is 0 Å². The second-order valence-corrected chi connectivity index (χ2v) is 5.85. The molecule has 1 atom stereocenters. The fourth-order valence-corrected chi connectivity index (χ4v) is 3.29. The molecular formula is C12H20O4. The Labute approximate surface area is 95.6 Å². The van der Waals surface area contributed by atoms with E-state index in [1.54, 1.807) is 0 Å². The largest absolute Gasteiger partial charge is 0.481 e. The van der Waals surface area contributed by atoms with Crippen LogP contribution in [-0.4, -0.2) is 34.0 Å². The van der Waals surface area contributed by atoms with Gasteiger partial charge in [0.1, 0.15) is 5.60 Å². The average Bonchev–Trinajstić information content (AvgIpc) is 2.72. The number of ether oxygens (including phenoxy) is 1. The van der Waals surface area contributed by atoms with Gasteiger partial charge in [-0.2, -0.15) is 0 Å². The third-order valence-electron chi connectivity index (χ3n) is 4.18. The van der Waals surface area contributed by atoms with Gasteiger partial charge in [-0.1, -0.05) is 12.8 Å². The second kappa shape index (κ2) is 3.44. The summed E-state index contributed by atoms with van der Waals surface area (Å²) in [5, 5.41) is 20.1. The summed E-state index contributed by atoms with van der Waals surface area (Å²) in [5.74, 6) is -0.867. The van der Waals surface area contributed by atoms with Crippen LogP contribution in [0.5, 0.6) is 0 Å². The maximum Gasteiger partial charge on any atom is 0.312 e. The smallest absolute Gasteiger partial charge is 0.312 e. The first-order chi connectivity index (χ1) is 7.31. The fourth-order valence-electron chi connectivity index (χ4n) is 3.29. The Balaban J connectivity index is 2.31. The molecule has 0 bridgehead atoms. The molecule has 0 amide bonds. The second-order valence-electron chi connectivity index (χ2n) is 5.85. The summed E-state index contributed by atoms with van der Waals surface area (Å²) >= 11 is 0. The van der Waals surface area contributed by atoms with Gasteiger partial charge in [-0.25, -0.2) is 0 Å². The molecule has 2 aliphatic rings. The summed E-state index contributed by atoms with van der Waals surface area (Å²) < 4.78 is 5.53. The Bertz CT molecular complexity index is 304. The lowest BCUT2D eigenvalue weighted by atomic mass is 9.68. The van der Waals surface area contributed by atoms with Crippen LogP contribution in [0, 0.1) is 5.41 Å². The highest BCUT2D eigenvalue weighted by atomic mass is 16.5. The van der Waals surface area contributed by atoms with E-state index in [0.717, 1.165) is 12.8 Å². The average molecular weight is 228 g/mol. The molecule has 0 spiro atoms. The van der Waals surface area contributed by atoms with Gasteiger partial charge in [-0.3, -0.25) is 4.79 Å². The highest BCUT2D eigenvalue weighted by Crippen LogP contribution is 2.53. The predicted molar refractivity (Wildman–Crippen MR) is 58.1 cm³/mol. The van der Waals surface area contributed by atoms with Crippen LogP contribution in [0.15, 0.2) is 0 Å². The zero-order valence-corrected chi connectivity index (χ0v) is 9.95. The van der Waals surface area contributed by atoms with E-state index in [1.807, 2.05) is 13.8 Å². The van der Waals surface area contributed by atoms with Crippen LogP contribution in [0.1, 0.15) is 46.0 Å². The highest BCUT2D eigenvalue weighted by molar-refractivity contribution is 5.77. The third-order valence-corrected chi connectivity index (χ3v) is 4.18. The molecule has 1 heterocycles. The number of carboxylic acids is 1. The summed E-state index contributed by atoms with van der Waals surface area (Å²) in [6, 6.07) is 0. The standard InChI is InChI=1S/C12H20O4/c1-10(2)7-12(15,8-16-10)11(9(13)14)5-3-4-6-11/h15H,3-8H2,1-2H3,(H,13,14). The van der Waals surface area contributed by atoms with Crippen molar-refractivity contribution in [3.8, 4) is 0 Å². The molecule has 0 radical (unpaired) electrons. The lowest BCUT2D eigenvalue weighted by Gasteiger charge is -2.38. The Morgan fingerprint density at radius 3 is 2.19 bits per heavy atom. The SMILES string of the molecule is CC1(C)CC(O)(C2(C(=O)O)CCCC2)CO1. The number of rotatable bonds is 2. The molecule has 4 nitrogen and oxygen atoms in total. The summed E-state index contributed by atoms with van der Waals surface area (Å²) in [7, 11) is 0. The number of aliphatic hydroxyl groups is 1. The van der Waals surface area contributed by atoms with Gasteiger partial charge in [0, 0.05) is 6.42 Å². The minimum Gasteiger partial charge on any atom is -0.481 e. The van der Waals surface area contributed by atoms with Gasteiger partial charge in [0.05, 0.1) is 17.6 Å². The predicted octanol–water partition coefficient (Wildman–Crippen LogP) is 1.56. The van der Waals surface area contributed by atoms with Gasteiger partial charge in [0.2, 0.25) is 0 Å². The number of carboxylic acid groups (broad SMARTS) is 1. The Morgan fingerprint density at radius 2 is 1.81 bits per heavy atom. The number of aliphatic carboxylic acids is 1. The first-order valence-electron chi connectivity index (χ1n) is 5.91. The molecule has 2 N–H and O–H groups in total. The van der Waals surface area contributed by atoms with Crippen molar-refractivity contribution < 1.29 is 19.7 Å². The van der Waals surface area contributed by atoms with E-state index in [-0.39, 0.29) is 6.61 Å². The van der Waals surface area contributed by atoms with E-state index in [1.165, 1.54) is 0 Å². The van der Waals surface area contributed by atoms with Crippen molar-refractivity contribution in [1.82, 2.24) is 0 Å². The van der Waals surface area contributed by atoms with Crippen LogP contribution < -0.4 is 0 Å². The molecule has 92 valence electrons. The van der Waals surface area contributed by atoms with Crippen molar-refractivity contribution in [1.29, 1.82) is 0 Å². The Kier molecular flexibility index (Phi) is 2.55. The minimum absolute atomic E-state index is 0.145. The molecule has 0 aromatic heterocycles. The van der Waals surface area contributed by atoms with Gasteiger partial charge >= 0.3 is 5.97 Å². The minimum atomic E-state index is -1.20. The molecule has 2 rings (SSSR count). The lowest BCUT2D eigenvalue weighted by molar-refractivity contribution is -0.169. The molecule has 1 saturated carbocycles. The monoisotopic (exact) mass is 228 g/mol. The van der Waals surface area contributed by atoms with Crippen LogP contribution in [0.2, 0.25) is 0 Å². The Morgan fingerprint density at radius 1 is 1.25 bits per heavy atom. The summed E-state index contributed by atoms with van der Waals surface area (Å²) in [5.41, 5.74) is -2.60. The quantitative estimate of drug-likeness (QED) is 0.752. The molecular weight excluding hydrogens is 208 g/mol. The van der Waals surface area contributed by atoms with Gasteiger partial charge in [0.25, 0.3) is 0 Å². The van der Waals surface area contributed by atoms with Crippen molar-refractivity contribution in [2.45, 2.75) is 57.2 Å². The van der Waals surface area contributed by atoms with Gasteiger partial charge in [-0.05, 0) is 26.7 Å². The van der Waals surface area contributed by atoms with E-state index in [9.17, 15) is 15.0 Å². The van der Waals surface area contributed by atoms with Crippen LogP contribution in [0.3, 0.4) is 0 Å². The van der Waals surface area contributed by atoms with Crippen molar-refractivity contribution in [3.63, 3.8) is 0 Å². The summed E-state index contributed by atoms with van der Waals surface area (Å²) in [4.78, 5) is 11.5. The molecule has 1 aliphatic carbocycles. The molecule has 1 saturated heterocycles. The highest BCUT2D eigenvalue weighted by Gasteiger charge is 2.61. The van der Waals surface area contributed by atoms with Crippen molar-refractivity contribution in [2.24, 2.45) is 5.41 Å². The topological polar surface area (TPSA) is 66.8 Å². The zero-order chi connectivity index (χ0) is 12.0. The fraction of sp³-hybridized carbons (Fsp3) is 0.917. The van der Waals surface area contributed by atoms with E-state index < -0.39 is 22.6 Å². The molecule has 4 heteroatoms. The first kappa shape index (κ1) is 11.9. The lowest BCUT2D eigenvalue weighted by Crippen LogP contribution is -2.52. The van der Waals surface area contributed by atoms with Crippen LogP contribution in [0.25, 0.3) is 0 Å². The maximum atomic E-state index is 11.5. The van der Waals surface area contributed by atoms with Crippen LogP contribution >= 0.6 is 0 Å². The maximum absolute atomic E-state index is 11.5. The van der Waals surface area contributed by atoms with Gasteiger partial charge < -0.3 is 14.9 Å². The van der Waals surface area contributed by atoms with Crippen molar-refractivity contribution in [2.75, 3.05) is 6.61 Å². The van der Waals surface area contributed by atoms with Gasteiger partial charge in [0.15, 0.2) is 0 Å². The zero-order valence-electron chi connectivity index (χ0n) is 9.95. The number of carbonyl (C=O) groups is 1. The molecule has 2 fully saturated rings. The van der Waals surface area contributed by atoms with E-state index in [0.29, 0.717) is 19.3 Å². The van der Waals surface area contributed by atoms with Crippen LogP contribution in [-0.2, 0) is 9.53 Å². The molecule has 1 aliphatic heterocycles. The van der Waals surface area contributed by atoms with Crippen molar-refractivity contribution >= 4 is 5.97 Å². The van der Waals surface area contributed by atoms with E-state index in [4.69, 9.17) is 4.74 Å².